The van der Waals surface area contributed by atoms with Crippen LogP contribution in [-0.2, 0) is 4.79 Å². The van der Waals surface area contributed by atoms with Crippen molar-refractivity contribution in [3.63, 3.8) is 0 Å². The second-order valence-electron chi connectivity index (χ2n) is 7.26. The smallest absolute Gasteiger partial charge is 0.219 e. The Kier molecular flexibility index (Phi) is 20.1. The lowest BCUT2D eigenvalue weighted by Crippen LogP contribution is -2.22. The maximum Gasteiger partial charge on any atom is 0.219 e. The molecule has 0 fully saturated rings. The van der Waals surface area contributed by atoms with Gasteiger partial charge in [0, 0.05) is 13.0 Å². The number of hydrogen-bond donors (Lipinski definition) is 1. The van der Waals surface area contributed by atoms with Gasteiger partial charge in [0.25, 0.3) is 0 Å². The van der Waals surface area contributed by atoms with E-state index in [0.29, 0.717) is 13.0 Å². The maximum atomic E-state index is 11.3. The minimum atomic E-state index is 0.158. The molecule has 2 nitrogen and oxygen atoms in total. The van der Waals surface area contributed by atoms with Gasteiger partial charge in [-0.2, -0.15) is 0 Å². The molecule has 0 aromatic rings. The SMILES string of the molecule is [CH2]CNC(=O)CCCCCCCCCCCCCCCCCCC. The molecule has 0 aromatic heterocycles. The summed E-state index contributed by atoms with van der Waals surface area (Å²) in [6.07, 6.45) is 24.1. The molecule has 1 amide bonds. The maximum absolute atomic E-state index is 11.3. The summed E-state index contributed by atoms with van der Waals surface area (Å²) in [5.74, 6) is 0.158. The molecular weight excluding hydrogens is 294 g/mol. The lowest BCUT2D eigenvalue weighted by Gasteiger charge is -2.04. The number of unbranched alkanes of at least 4 members (excludes halogenated alkanes) is 16. The number of amides is 1. The zero-order valence-corrected chi connectivity index (χ0v) is 16.6. The molecule has 1 radical (unpaired) electrons. The third-order valence-electron chi connectivity index (χ3n) is 4.83. The summed E-state index contributed by atoms with van der Waals surface area (Å²) in [6, 6.07) is 0. The van der Waals surface area contributed by atoms with Crippen LogP contribution in [0.2, 0.25) is 0 Å². The van der Waals surface area contributed by atoms with Gasteiger partial charge in [-0.25, -0.2) is 0 Å². The van der Waals surface area contributed by atoms with Gasteiger partial charge in [-0.1, -0.05) is 110 Å². The molecule has 0 aliphatic rings. The second-order valence-corrected chi connectivity index (χ2v) is 7.26. The Morgan fingerprint density at radius 1 is 0.625 bits per heavy atom. The molecule has 0 aliphatic heterocycles. The first-order valence-corrected chi connectivity index (χ1v) is 10.9. The molecule has 0 saturated heterocycles. The molecule has 0 spiro atoms. The van der Waals surface area contributed by atoms with Crippen molar-refractivity contribution in [2.45, 2.75) is 122 Å². The zero-order valence-electron chi connectivity index (χ0n) is 16.6. The second kappa shape index (κ2) is 20.5. The van der Waals surface area contributed by atoms with Gasteiger partial charge in [-0.05, 0) is 13.3 Å². The van der Waals surface area contributed by atoms with Crippen molar-refractivity contribution < 1.29 is 4.79 Å². The third-order valence-corrected chi connectivity index (χ3v) is 4.83. The molecule has 0 atom stereocenters. The van der Waals surface area contributed by atoms with Gasteiger partial charge in [0.1, 0.15) is 0 Å². The predicted octanol–water partition coefficient (Wildman–Crippen LogP) is 6.98. The van der Waals surface area contributed by atoms with Gasteiger partial charge >= 0.3 is 0 Å². The molecule has 0 heterocycles. The van der Waals surface area contributed by atoms with Crippen LogP contribution in [0, 0.1) is 6.92 Å². The van der Waals surface area contributed by atoms with E-state index in [9.17, 15) is 4.79 Å². The van der Waals surface area contributed by atoms with E-state index in [-0.39, 0.29) is 5.91 Å². The highest BCUT2D eigenvalue weighted by molar-refractivity contribution is 5.75. The van der Waals surface area contributed by atoms with E-state index in [1.165, 1.54) is 103 Å². The first-order valence-electron chi connectivity index (χ1n) is 10.9. The third kappa shape index (κ3) is 19.5. The lowest BCUT2D eigenvalue weighted by atomic mass is 10.0. The standard InChI is InChI=1S/C22H44NO/c1-3-5-6-7-8-9-10-11-12-13-14-15-16-17-18-19-20-21-22(24)23-4-2/h2-21H2,1H3,(H,23,24). The van der Waals surface area contributed by atoms with Crippen molar-refractivity contribution in [3.8, 4) is 0 Å². The van der Waals surface area contributed by atoms with Gasteiger partial charge in [0.15, 0.2) is 0 Å². The highest BCUT2D eigenvalue weighted by Gasteiger charge is 1.98. The predicted molar refractivity (Wildman–Crippen MR) is 107 cm³/mol. The number of nitrogens with one attached hydrogen (secondary N) is 1. The summed E-state index contributed by atoms with van der Waals surface area (Å²) in [5, 5.41) is 2.75. The van der Waals surface area contributed by atoms with E-state index in [1.807, 2.05) is 0 Å². The van der Waals surface area contributed by atoms with Crippen LogP contribution < -0.4 is 5.32 Å². The molecule has 24 heavy (non-hydrogen) atoms. The minimum absolute atomic E-state index is 0.158. The molecular formula is C22H44NO. The van der Waals surface area contributed by atoms with E-state index in [1.54, 1.807) is 0 Å². The number of rotatable bonds is 19. The van der Waals surface area contributed by atoms with Crippen LogP contribution in [0.1, 0.15) is 122 Å². The van der Waals surface area contributed by atoms with Crippen LogP contribution in [0.4, 0.5) is 0 Å². The number of carbonyl (C=O) groups excluding carboxylic acids is 1. The molecule has 0 saturated carbocycles. The van der Waals surface area contributed by atoms with Crippen molar-refractivity contribution in [1.82, 2.24) is 5.32 Å². The Bertz CT molecular complexity index is 252. The molecule has 0 aromatic carbocycles. The van der Waals surface area contributed by atoms with Crippen LogP contribution in [0.15, 0.2) is 0 Å². The van der Waals surface area contributed by atoms with Crippen molar-refractivity contribution in [1.29, 1.82) is 0 Å². The van der Waals surface area contributed by atoms with Crippen LogP contribution in [0.5, 0.6) is 0 Å². The average molecular weight is 339 g/mol. The molecule has 143 valence electrons. The monoisotopic (exact) mass is 338 g/mol. The van der Waals surface area contributed by atoms with Crippen molar-refractivity contribution in [2.75, 3.05) is 6.54 Å². The normalized spacial score (nSPS) is 10.9. The minimum Gasteiger partial charge on any atom is -0.356 e. The van der Waals surface area contributed by atoms with Crippen molar-refractivity contribution >= 4 is 5.91 Å². The summed E-state index contributed by atoms with van der Waals surface area (Å²) in [7, 11) is 0. The molecule has 0 rings (SSSR count). The lowest BCUT2D eigenvalue weighted by molar-refractivity contribution is -0.121. The molecule has 0 unspecified atom stereocenters. The first kappa shape index (κ1) is 23.5. The van der Waals surface area contributed by atoms with Crippen molar-refractivity contribution in [2.24, 2.45) is 0 Å². The Balaban J connectivity index is 3.01. The van der Waals surface area contributed by atoms with Crippen LogP contribution in [-0.4, -0.2) is 12.5 Å². The summed E-state index contributed by atoms with van der Waals surface area (Å²) in [4.78, 5) is 11.3. The fourth-order valence-electron chi connectivity index (χ4n) is 3.24. The Labute approximate surface area is 152 Å². The fourth-order valence-corrected chi connectivity index (χ4v) is 3.24. The Morgan fingerprint density at radius 3 is 1.29 bits per heavy atom. The van der Waals surface area contributed by atoms with Gasteiger partial charge < -0.3 is 5.32 Å². The van der Waals surface area contributed by atoms with Crippen LogP contribution in [0.25, 0.3) is 0 Å². The zero-order chi connectivity index (χ0) is 17.7. The van der Waals surface area contributed by atoms with Gasteiger partial charge in [-0.15, -0.1) is 0 Å². The van der Waals surface area contributed by atoms with Crippen LogP contribution in [0.3, 0.4) is 0 Å². The Morgan fingerprint density at radius 2 is 0.958 bits per heavy atom. The molecule has 0 aliphatic carbocycles. The van der Waals surface area contributed by atoms with E-state index in [4.69, 9.17) is 0 Å². The van der Waals surface area contributed by atoms with Crippen molar-refractivity contribution in [3.05, 3.63) is 6.92 Å². The van der Waals surface area contributed by atoms with Gasteiger partial charge in [0.05, 0.1) is 0 Å². The largest absolute Gasteiger partial charge is 0.356 e. The average Bonchev–Trinajstić information content (AvgIpc) is 2.58. The van der Waals surface area contributed by atoms with Crippen LogP contribution >= 0.6 is 0 Å². The van der Waals surface area contributed by atoms with E-state index < -0.39 is 0 Å². The highest BCUT2D eigenvalue weighted by atomic mass is 16.1. The summed E-state index contributed by atoms with van der Waals surface area (Å²) in [6.45, 7) is 6.42. The topological polar surface area (TPSA) is 29.1 Å². The van der Waals surface area contributed by atoms with E-state index >= 15 is 0 Å². The first-order chi connectivity index (χ1) is 11.8. The van der Waals surface area contributed by atoms with E-state index in [0.717, 1.165) is 6.42 Å². The summed E-state index contributed by atoms with van der Waals surface area (Å²) < 4.78 is 0. The van der Waals surface area contributed by atoms with E-state index in [2.05, 4.69) is 19.2 Å². The van der Waals surface area contributed by atoms with Gasteiger partial charge in [0.2, 0.25) is 5.91 Å². The quantitative estimate of drug-likeness (QED) is 0.253. The number of carbonyl (C=O) groups is 1. The molecule has 1 N–H and O–H groups in total. The molecule has 0 bridgehead atoms. The highest BCUT2D eigenvalue weighted by Crippen LogP contribution is 2.14. The molecule has 2 heteroatoms. The Hall–Kier alpha value is -0.530. The number of hydrogen-bond acceptors (Lipinski definition) is 1. The summed E-state index contributed by atoms with van der Waals surface area (Å²) >= 11 is 0. The van der Waals surface area contributed by atoms with Gasteiger partial charge in [-0.3, -0.25) is 4.79 Å². The summed E-state index contributed by atoms with van der Waals surface area (Å²) in [5.41, 5.74) is 0. The fraction of sp³-hybridized carbons (Fsp3) is 0.909.